The summed E-state index contributed by atoms with van der Waals surface area (Å²) >= 11 is 6.21. The first-order chi connectivity index (χ1) is 11.1. The highest BCUT2D eigenvalue weighted by atomic mass is 35.5. The van der Waals surface area contributed by atoms with Crippen molar-refractivity contribution in [1.29, 1.82) is 0 Å². The van der Waals surface area contributed by atoms with Crippen LogP contribution in [0.4, 0.5) is 0 Å². The topological polar surface area (TPSA) is 15.8 Å². The molecule has 3 aromatic carbocycles. The molecule has 0 aliphatic heterocycles. The monoisotopic (exact) mass is 317 g/mol. The quantitative estimate of drug-likeness (QED) is 0.393. The molecule has 1 aromatic heterocycles. The average Bonchev–Trinajstić information content (AvgIpc) is 3.02. The minimum Gasteiger partial charge on any atom is -0.354 e. The molecule has 0 bridgehead atoms. The van der Waals surface area contributed by atoms with E-state index in [0.717, 1.165) is 10.5 Å². The molecule has 1 N–H and O–H groups in total. The molecule has 0 saturated heterocycles. The van der Waals surface area contributed by atoms with E-state index in [1.54, 1.807) is 0 Å². The summed E-state index contributed by atoms with van der Waals surface area (Å²) in [4.78, 5) is 3.63. The van der Waals surface area contributed by atoms with Gasteiger partial charge in [0, 0.05) is 32.3 Å². The maximum atomic E-state index is 6.21. The van der Waals surface area contributed by atoms with Crippen molar-refractivity contribution in [2.24, 2.45) is 0 Å². The van der Waals surface area contributed by atoms with Crippen LogP contribution in [-0.2, 0) is 5.41 Å². The number of halogens is 1. The third-order valence-electron chi connectivity index (χ3n) is 5.28. The van der Waals surface area contributed by atoms with E-state index in [1.165, 1.54) is 38.5 Å². The van der Waals surface area contributed by atoms with Gasteiger partial charge in [-0.1, -0.05) is 61.8 Å². The van der Waals surface area contributed by atoms with Gasteiger partial charge < -0.3 is 4.98 Å². The Kier molecular flexibility index (Phi) is 2.40. The van der Waals surface area contributed by atoms with Crippen LogP contribution in [0, 0.1) is 0 Å². The van der Waals surface area contributed by atoms with Gasteiger partial charge in [-0.3, -0.25) is 0 Å². The Morgan fingerprint density at radius 3 is 2.57 bits per heavy atom. The smallest absolute Gasteiger partial charge is 0.0547 e. The summed E-state index contributed by atoms with van der Waals surface area (Å²) in [5.74, 6) is 0. The third kappa shape index (κ3) is 1.58. The summed E-state index contributed by atoms with van der Waals surface area (Å²) in [7, 11) is 0. The third-order valence-corrected chi connectivity index (χ3v) is 5.51. The van der Waals surface area contributed by atoms with E-state index in [0.29, 0.717) is 0 Å². The maximum absolute atomic E-state index is 6.21. The standard InChI is InChI=1S/C21H16ClN/c1-21(2)16-6-4-3-5-14(16)19-17(21)9-8-13-15-11-12(22)7-10-18(15)23-20(13)19/h3-11,23H,1-2H3. The lowest BCUT2D eigenvalue weighted by molar-refractivity contribution is 0.661. The average molecular weight is 318 g/mol. The fourth-order valence-corrected chi connectivity index (χ4v) is 4.30. The molecule has 4 aromatic rings. The Bertz CT molecular complexity index is 1100. The van der Waals surface area contributed by atoms with E-state index >= 15 is 0 Å². The van der Waals surface area contributed by atoms with E-state index in [-0.39, 0.29) is 5.41 Å². The summed E-state index contributed by atoms with van der Waals surface area (Å²) < 4.78 is 0. The number of nitrogens with one attached hydrogen (secondary N) is 1. The molecule has 1 heterocycles. The Hall–Kier alpha value is -2.25. The largest absolute Gasteiger partial charge is 0.354 e. The fourth-order valence-electron chi connectivity index (χ4n) is 4.13. The minimum absolute atomic E-state index is 0.0368. The lowest BCUT2D eigenvalue weighted by Gasteiger charge is -2.21. The van der Waals surface area contributed by atoms with Crippen LogP contribution in [0.15, 0.2) is 54.6 Å². The molecular weight excluding hydrogens is 302 g/mol. The molecular formula is C21H16ClN. The van der Waals surface area contributed by atoms with E-state index in [4.69, 9.17) is 11.6 Å². The summed E-state index contributed by atoms with van der Waals surface area (Å²) in [5, 5.41) is 3.21. The molecule has 112 valence electrons. The van der Waals surface area contributed by atoms with Crippen molar-refractivity contribution in [2.75, 3.05) is 0 Å². The highest BCUT2D eigenvalue weighted by molar-refractivity contribution is 6.32. The van der Waals surface area contributed by atoms with E-state index in [9.17, 15) is 0 Å². The maximum Gasteiger partial charge on any atom is 0.0547 e. The summed E-state index contributed by atoms with van der Waals surface area (Å²) in [6.07, 6.45) is 0. The predicted molar refractivity (Wildman–Crippen MR) is 98.4 cm³/mol. The molecule has 0 amide bonds. The van der Waals surface area contributed by atoms with Gasteiger partial charge in [0.05, 0.1) is 5.52 Å². The first-order valence-electron chi connectivity index (χ1n) is 7.92. The van der Waals surface area contributed by atoms with Gasteiger partial charge in [-0.05, 0) is 34.9 Å². The number of hydrogen-bond donors (Lipinski definition) is 1. The number of benzene rings is 3. The van der Waals surface area contributed by atoms with Crippen LogP contribution in [0.5, 0.6) is 0 Å². The molecule has 1 aliphatic rings. The predicted octanol–water partition coefficient (Wildman–Crippen LogP) is 6.28. The van der Waals surface area contributed by atoms with Crippen molar-refractivity contribution < 1.29 is 0 Å². The highest BCUT2D eigenvalue weighted by Gasteiger charge is 2.36. The number of rotatable bonds is 0. The lowest BCUT2D eigenvalue weighted by Crippen LogP contribution is -2.14. The van der Waals surface area contributed by atoms with Gasteiger partial charge in [0.2, 0.25) is 0 Å². The van der Waals surface area contributed by atoms with Crippen molar-refractivity contribution >= 4 is 33.4 Å². The van der Waals surface area contributed by atoms with E-state index in [2.05, 4.69) is 61.3 Å². The van der Waals surface area contributed by atoms with Crippen molar-refractivity contribution in [3.63, 3.8) is 0 Å². The van der Waals surface area contributed by atoms with Gasteiger partial charge in [0.1, 0.15) is 0 Å². The molecule has 1 nitrogen and oxygen atoms in total. The van der Waals surface area contributed by atoms with Gasteiger partial charge in [0.15, 0.2) is 0 Å². The highest BCUT2D eigenvalue weighted by Crippen LogP contribution is 2.51. The summed E-state index contributed by atoms with van der Waals surface area (Å²) in [6, 6.07) is 19.3. The second kappa shape index (κ2) is 4.18. The van der Waals surface area contributed by atoms with Crippen LogP contribution in [0.2, 0.25) is 5.02 Å². The van der Waals surface area contributed by atoms with Crippen LogP contribution in [-0.4, -0.2) is 4.98 Å². The van der Waals surface area contributed by atoms with Gasteiger partial charge in [-0.25, -0.2) is 0 Å². The molecule has 5 rings (SSSR count). The molecule has 0 atom stereocenters. The van der Waals surface area contributed by atoms with Crippen molar-refractivity contribution in [2.45, 2.75) is 19.3 Å². The molecule has 0 unspecified atom stereocenters. The van der Waals surface area contributed by atoms with Gasteiger partial charge in [-0.2, -0.15) is 0 Å². The second-order valence-corrected chi connectivity index (χ2v) is 7.33. The summed E-state index contributed by atoms with van der Waals surface area (Å²) in [5.41, 5.74) is 7.88. The van der Waals surface area contributed by atoms with Crippen LogP contribution in [0.3, 0.4) is 0 Å². The Morgan fingerprint density at radius 1 is 0.870 bits per heavy atom. The molecule has 0 saturated carbocycles. The summed E-state index contributed by atoms with van der Waals surface area (Å²) in [6.45, 7) is 4.62. The Labute approximate surface area is 139 Å². The van der Waals surface area contributed by atoms with Crippen molar-refractivity contribution in [1.82, 2.24) is 4.98 Å². The Balaban J connectivity index is 1.99. The van der Waals surface area contributed by atoms with Crippen LogP contribution in [0.1, 0.15) is 25.0 Å². The zero-order chi connectivity index (χ0) is 15.8. The first-order valence-corrected chi connectivity index (χ1v) is 8.29. The molecule has 0 fully saturated rings. The molecule has 2 heteroatoms. The normalized spacial score (nSPS) is 15.1. The first kappa shape index (κ1) is 13.2. The molecule has 0 spiro atoms. The molecule has 23 heavy (non-hydrogen) atoms. The zero-order valence-corrected chi connectivity index (χ0v) is 13.8. The van der Waals surface area contributed by atoms with Gasteiger partial charge >= 0.3 is 0 Å². The van der Waals surface area contributed by atoms with Crippen LogP contribution in [0.25, 0.3) is 32.9 Å². The van der Waals surface area contributed by atoms with Crippen molar-refractivity contribution in [3.8, 4) is 11.1 Å². The SMILES string of the molecule is CC1(C)c2ccccc2-c2c1ccc1c2[nH]c2ccc(Cl)cc21. The second-order valence-electron chi connectivity index (χ2n) is 6.90. The number of fused-ring (bicyclic) bond motifs is 7. The van der Waals surface area contributed by atoms with E-state index < -0.39 is 0 Å². The number of aromatic nitrogens is 1. The minimum atomic E-state index is 0.0368. The molecule has 0 radical (unpaired) electrons. The van der Waals surface area contributed by atoms with Crippen LogP contribution < -0.4 is 0 Å². The number of H-pyrrole nitrogens is 1. The van der Waals surface area contributed by atoms with Gasteiger partial charge in [-0.15, -0.1) is 0 Å². The fraction of sp³-hybridized carbons (Fsp3) is 0.143. The van der Waals surface area contributed by atoms with E-state index in [1.807, 2.05) is 12.1 Å². The van der Waals surface area contributed by atoms with Gasteiger partial charge in [0.25, 0.3) is 0 Å². The lowest BCUT2D eigenvalue weighted by atomic mass is 9.82. The molecule has 1 aliphatic carbocycles. The van der Waals surface area contributed by atoms with Crippen LogP contribution >= 0.6 is 11.6 Å². The number of hydrogen-bond acceptors (Lipinski definition) is 0. The van der Waals surface area contributed by atoms with Crippen molar-refractivity contribution in [3.05, 3.63) is 70.7 Å². The number of aromatic amines is 1. The Morgan fingerprint density at radius 2 is 1.70 bits per heavy atom. The zero-order valence-electron chi connectivity index (χ0n) is 13.1.